The first-order valence-corrected chi connectivity index (χ1v) is 8.66. The van der Waals surface area contributed by atoms with E-state index in [9.17, 15) is 9.59 Å². The number of amides is 2. The summed E-state index contributed by atoms with van der Waals surface area (Å²) in [5, 5.41) is 5.58. The molecule has 140 valence electrons. The van der Waals surface area contributed by atoms with Crippen LogP contribution in [0.25, 0.3) is 22.2 Å². The van der Waals surface area contributed by atoms with Gasteiger partial charge in [-0.15, -0.1) is 0 Å². The number of hydrogen-bond donors (Lipinski definition) is 4. The van der Waals surface area contributed by atoms with Crippen molar-refractivity contribution < 1.29 is 9.53 Å². The summed E-state index contributed by atoms with van der Waals surface area (Å²) in [6, 6.07) is 20.0. The summed E-state index contributed by atoms with van der Waals surface area (Å²) in [5.41, 5.74) is 4.09. The van der Waals surface area contributed by atoms with Crippen molar-refractivity contribution in [3.8, 4) is 16.9 Å². The Morgan fingerprint density at radius 3 is 2.29 bits per heavy atom. The number of hydrogen-bond acceptors (Lipinski definition) is 3. The van der Waals surface area contributed by atoms with E-state index in [1.165, 1.54) is 0 Å². The van der Waals surface area contributed by atoms with Crippen molar-refractivity contribution in [1.82, 2.24) is 9.97 Å². The summed E-state index contributed by atoms with van der Waals surface area (Å²) in [6.07, 6.45) is 0. The quantitative estimate of drug-likeness (QED) is 0.431. The molecule has 28 heavy (non-hydrogen) atoms. The van der Waals surface area contributed by atoms with Gasteiger partial charge >= 0.3 is 11.7 Å². The Balaban J connectivity index is 1.54. The first-order chi connectivity index (χ1) is 13.6. The molecule has 3 aromatic carbocycles. The summed E-state index contributed by atoms with van der Waals surface area (Å²) in [5.74, 6) is 0.721. The molecule has 0 radical (unpaired) electrons. The molecule has 0 aliphatic heterocycles. The number of aromatic amines is 2. The van der Waals surface area contributed by atoms with Crippen molar-refractivity contribution in [3.63, 3.8) is 0 Å². The maximum Gasteiger partial charge on any atom is 0.323 e. The SMILES string of the molecule is COc1ccc(NC(=O)Nc2ccc3[nH]c(=O)[nH]c3c2)cc1-c1ccccc1. The van der Waals surface area contributed by atoms with Gasteiger partial charge in [0, 0.05) is 16.9 Å². The molecule has 0 aliphatic rings. The highest BCUT2D eigenvalue weighted by Crippen LogP contribution is 2.32. The van der Waals surface area contributed by atoms with Crippen LogP contribution in [-0.2, 0) is 0 Å². The largest absolute Gasteiger partial charge is 0.496 e. The Labute approximate surface area is 160 Å². The molecule has 1 aromatic heterocycles. The van der Waals surface area contributed by atoms with E-state index >= 15 is 0 Å². The molecule has 4 N–H and O–H groups in total. The van der Waals surface area contributed by atoms with Crippen LogP contribution >= 0.6 is 0 Å². The first kappa shape index (κ1) is 17.4. The molecule has 7 nitrogen and oxygen atoms in total. The van der Waals surface area contributed by atoms with Gasteiger partial charge in [0.1, 0.15) is 5.75 Å². The standard InChI is InChI=1S/C21H18N4O3/c1-28-19-10-8-14(11-16(19)13-5-3-2-4-6-13)22-20(26)23-15-7-9-17-18(12-15)25-21(27)24-17/h2-12H,1H3,(H2,22,23,26)(H2,24,25,27). The van der Waals surface area contributed by atoms with E-state index in [2.05, 4.69) is 20.6 Å². The number of aromatic nitrogens is 2. The van der Waals surface area contributed by atoms with Gasteiger partial charge < -0.3 is 25.3 Å². The zero-order chi connectivity index (χ0) is 19.5. The molecule has 0 atom stereocenters. The Morgan fingerprint density at radius 2 is 1.54 bits per heavy atom. The van der Waals surface area contributed by atoms with Crippen molar-refractivity contribution in [1.29, 1.82) is 0 Å². The molecule has 1 heterocycles. The zero-order valence-corrected chi connectivity index (χ0v) is 15.1. The third-order valence-electron chi connectivity index (χ3n) is 4.32. The number of anilines is 2. The number of benzene rings is 3. The van der Waals surface area contributed by atoms with E-state index in [1.807, 2.05) is 42.5 Å². The fraction of sp³-hybridized carbons (Fsp3) is 0.0476. The van der Waals surface area contributed by atoms with Gasteiger partial charge in [-0.1, -0.05) is 30.3 Å². The summed E-state index contributed by atoms with van der Waals surface area (Å²) in [4.78, 5) is 29.1. The minimum absolute atomic E-state index is 0.289. The lowest BCUT2D eigenvalue weighted by molar-refractivity contribution is 0.262. The topological polar surface area (TPSA) is 99.0 Å². The Bertz CT molecular complexity index is 1200. The predicted molar refractivity (Wildman–Crippen MR) is 110 cm³/mol. The number of methoxy groups -OCH3 is 1. The van der Waals surface area contributed by atoms with Crippen LogP contribution in [0.4, 0.5) is 16.2 Å². The summed E-state index contributed by atoms with van der Waals surface area (Å²) in [7, 11) is 1.61. The molecule has 0 spiro atoms. The minimum atomic E-state index is -0.388. The van der Waals surface area contributed by atoms with E-state index in [0.717, 1.165) is 16.9 Å². The summed E-state index contributed by atoms with van der Waals surface area (Å²) in [6.45, 7) is 0. The van der Waals surface area contributed by atoms with Crippen LogP contribution in [0.3, 0.4) is 0 Å². The average Bonchev–Trinajstić information content (AvgIpc) is 3.08. The molecule has 0 unspecified atom stereocenters. The van der Waals surface area contributed by atoms with Crippen molar-refractivity contribution >= 4 is 28.4 Å². The maximum absolute atomic E-state index is 12.4. The van der Waals surface area contributed by atoms with Crippen LogP contribution in [0.1, 0.15) is 0 Å². The number of carbonyl (C=O) groups excluding carboxylic acids is 1. The smallest absolute Gasteiger partial charge is 0.323 e. The molecule has 7 heteroatoms. The van der Waals surface area contributed by atoms with Crippen molar-refractivity contribution in [2.45, 2.75) is 0 Å². The molecule has 0 fully saturated rings. The highest BCUT2D eigenvalue weighted by molar-refractivity contribution is 6.01. The van der Waals surface area contributed by atoms with Crippen LogP contribution in [0.2, 0.25) is 0 Å². The second-order valence-corrected chi connectivity index (χ2v) is 6.20. The van der Waals surface area contributed by atoms with Gasteiger partial charge in [0.15, 0.2) is 0 Å². The van der Waals surface area contributed by atoms with E-state index in [4.69, 9.17) is 4.74 Å². The Kier molecular flexibility index (Phi) is 4.55. The van der Waals surface area contributed by atoms with Gasteiger partial charge in [-0.05, 0) is 42.0 Å². The number of H-pyrrole nitrogens is 2. The van der Waals surface area contributed by atoms with Crippen LogP contribution in [-0.4, -0.2) is 23.1 Å². The molecule has 4 aromatic rings. The van der Waals surface area contributed by atoms with Gasteiger partial charge in [0.05, 0.1) is 18.1 Å². The summed E-state index contributed by atoms with van der Waals surface area (Å²) >= 11 is 0. The number of fused-ring (bicyclic) bond motifs is 1. The van der Waals surface area contributed by atoms with E-state index in [0.29, 0.717) is 22.4 Å². The van der Waals surface area contributed by atoms with Crippen LogP contribution in [0, 0.1) is 0 Å². The Morgan fingerprint density at radius 1 is 0.857 bits per heavy atom. The monoisotopic (exact) mass is 374 g/mol. The first-order valence-electron chi connectivity index (χ1n) is 8.66. The minimum Gasteiger partial charge on any atom is -0.496 e. The second-order valence-electron chi connectivity index (χ2n) is 6.20. The van der Waals surface area contributed by atoms with E-state index in [-0.39, 0.29) is 11.7 Å². The van der Waals surface area contributed by atoms with Crippen LogP contribution in [0.5, 0.6) is 5.75 Å². The fourth-order valence-corrected chi connectivity index (χ4v) is 3.03. The van der Waals surface area contributed by atoms with Crippen molar-refractivity contribution in [2.75, 3.05) is 17.7 Å². The number of rotatable bonds is 4. The predicted octanol–water partition coefficient (Wildman–Crippen LogP) is 4.18. The molecule has 0 saturated carbocycles. The summed E-state index contributed by atoms with van der Waals surface area (Å²) < 4.78 is 5.44. The van der Waals surface area contributed by atoms with Crippen LogP contribution in [0.15, 0.2) is 71.5 Å². The van der Waals surface area contributed by atoms with Crippen LogP contribution < -0.4 is 21.1 Å². The second kappa shape index (κ2) is 7.32. The lowest BCUT2D eigenvalue weighted by Gasteiger charge is -2.12. The third-order valence-corrected chi connectivity index (χ3v) is 4.32. The third kappa shape index (κ3) is 3.59. The lowest BCUT2D eigenvalue weighted by atomic mass is 10.0. The van der Waals surface area contributed by atoms with E-state index < -0.39 is 0 Å². The Hall–Kier alpha value is -4.00. The maximum atomic E-state index is 12.4. The molecule has 0 aliphatic carbocycles. The zero-order valence-electron chi connectivity index (χ0n) is 15.1. The fourth-order valence-electron chi connectivity index (χ4n) is 3.03. The highest BCUT2D eigenvalue weighted by atomic mass is 16.5. The number of ether oxygens (including phenoxy) is 1. The number of imidazole rings is 1. The van der Waals surface area contributed by atoms with Crippen molar-refractivity contribution in [2.24, 2.45) is 0 Å². The van der Waals surface area contributed by atoms with Gasteiger partial charge in [0.2, 0.25) is 0 Å². The van der Waals surface area contributed by atoms with Gasteiger partial charge in [-0.3, -0.25) is 0 Å². The normalized spacial score (nSPS) is 10.6. The number of nitrogens with one attached hydrogen (secondary N) is 4. The highest BCUT2D eigenvalue weighted by Gasteiger charge is 2.10. The molecular formula is C21H18N4O3. The van der Waals surface area contributed by atoms with Crippen molar-refractivity contribution in [3.05, 3.63) is 77.2 Å². The number of carbonyl (C=O) groups is 1. The average molecular weight is 374 g/mol. The van der Waals surface area contributed by atoms with Gasteiger partial charge in [0.25, 0.3) is 0 Å². The van der Waals surface area contributed by atoms with Gasteiger partial charge in [-0.2, -0.15) is 0 Å². The molecule has 0 saturated heterocycles. The van der Waals surface area contributed by atoms with Gasteiger partial charge in [-0.25, -0.2) is 9.59 Å². The molecular weight excluding hydrogens is 356 g/mol. The molecule has 2 amide bonds. The van der Waals surface area contributed by atoms with E-state index in [1.54, 1.807) is 31.4 Å². The lowest BCUT2D eigenvalue weighted by Crippen LogP contribution is -2.19. The molecule has 0 bridgehead atoms. The molecule has 4 rings (SSSR count). The number of urea groups is 1.